The standard InChI is InChI=1S/C12H23N5O2/c1-6-7-13-9(2)11-14-15-12(19-11)17(5)8-10(18)16(3)4/h9,13H,6-8H2,1-5H3. The van der Waals surface area contributed by atoms with Gasteiger partial charge < -0.3 is 19.5 Å². The van der Waals surface area contributed by atoms with Gasteiger partial charge in [0.1, 0.15) is 6.54 Å². The molecule has 0 radical (unpaired) electrons. The molecule has 0 saturated carbocycles. The van der Waals surface area contributed by atoms with Gasteiger partial charge in [-0.3, -0.25) is 4.79 Å². The molecular formula is C12H23N5O2. The highest BCUT2D eigenvalue weighted by atomic mass is 16.4. The lowest BCUT2D eigenvalue weighted by Gasteiger charge is -2.16. The van der Waals surface area contributed by atoms with E-state index in [9.17, 15) is 4.79 Å². The zero-order valence-corrected chi connectivity index (χ0v) is 12.3. The Kier molecular flexibility index (Phi) is 5.75. The maximum atomic E-state index is 11.6. The summed E-state index contributed by atoms with van der Waals surface area (Å²) in [7, 11) is 5.18. The van der Waals surface area contributed by atoms with E-state index in [2.05, 4.69) is 22.4 Å². The lowest BCUT2D eigenvalue weighted by atomic mass is 10.3. The molecule has 1 amide bonds. The first kappa shape index (κ1) is 15.4. The van der Waals surface area contributed by atoms with Crippen molar-refractivity contribution in [1.29, 1.82) is 0 Å². The van der Waals surface area contributed by atoms with Gasteiger partial charge in [-0.05, 0) is 19.9 Å². The van der Waals surface area contributed by atoms with Crippen LogP contribution < -0.4 is 10.2 Å². The van der Waals surface area contributed by atoms with Gasteiger partial charge in [-0.15, -0.1) is 5.10 Å². The van der Waals surface area contributed by atoms with Gasteiger partial charge in [-0.1, -0.05) is 12.0 Å². The maximum Gasteiger partial charge on any atom is 0.318 e. The van der Waals surface area contributed by atoms with Crippen molar-refractivity contribution in [3.8, 4) is 0 Å². The molecule has 0 aliphatic heterocycles. The van der Waals surface area contributed by atoms with Crippen molar-refractivity contribution in [3.05, 3.63) is 5.89 Å². The number of anilines is 1. The van der Waals surface area contributed by atoms with Crippen LogP contribution in [0.4, 0.5) is 6.01 Å². The van der Waals surface area contributed by atoms with Crippen LogP contribution >= 0.6 is 0 Å². The van der Waals surface area contributed by atoms with E-state index in [0.29, 0.717) is 11.9 Å². The van der Waals surface area contributed by atoms with Gasteiger partial charge in [0.05, 0.1) is 6.04 Å². The topological polar surface area (TPSA) is 74.5 Å². The molecule has 0 aromatic carbocycles. The van der Waals surface area contributed by atoms with Crippen LogP contribution in [0.5, 0.6) is 0 Å². The van der Waals surface area contributed by atoms with Crippen LogP contribution in [0.25, 0.3) is 0 Å². The molecule has 0 aliphatic carbocycles. The molecule has 19 heavy (non-hydrogen) atoms. The molecule has 1 N–H and O–H groups in total. The third-order valence-electron chi connectivity index (χ3n) is 2.70. The first-order valence-electron chi connectivity index (χ1n) is 6.43. The molecule has 0 fully saturated rings. The molecule has 1 unspecified atom stereocenters. The molecule has 1 rings (SSSR count). The predicted octanol–water partition coefficient (Wildman–Crippen LogP) is 0.655. The molecule has 0 bridgehead atoms. The first-order chi connectivity index (χ1) is 8.95. The largest absolute Gasteiger partial charge is 0.406 e. The number of rotatable bonds is 7. The Morgan fingerprint density at radius 1 is 1.37 bits per heavy atom. The number of carbonyl (C=O) groups excluding carboxylic acids is 1. The quantitative estimate of drug-likeness (QED) is 0.783. The minimum Gasteiger partial charge on any atom is -0.406 e. The number of nitrogens with zero attached hydrogens (tertiary/aromatic N) is 4. The summed E-state index contributed by atoms with van der Waals surface area (Å²) in [4.78, 5) is 14.8. The summed E-state index contributed by atoms with van der Waals surface area (Å²) in [5.74, 6) is 0.520. The molecule has 7 nitrogen and oxygen atoms in total. The van der Waals surface area contributed by atoms with Crippen LogP contribution in [0.15, 0.2) is 4.42 Å². The van der Waals surface area contributed by atoms with Crippen molar-refractivity contribution in [3.63, 3.8) is 0 Å². The summed E-state index contributed by atoms with van der Waals surface area (Å²) in [6.45, 7) is 5.18. The van der Waals surface area contributed by atoms with Crippen molar-refractivity contribution in [2.75, 3.05) is 39.1 Å². The van der Waals surface area contributed by atoms with Crippen molar-refractivity contribution >= 4 is 11.9 Å². The molecule has 1 aromatic heterocycles. The lowest BCUT2D eigenvalue weighted by molar-refractivity contribution is -0.127. The number of nitrogens with one attached hydrogen (secondary N) is 1. The smallest absolute Gasteiger partial charge is 0.318 e. The third-order valence-corrected chi connectivity index (χ3v) is 2.70. The molecule has 108 valence electrons. The fraction of sp³-hybridized carbons (Fsp3) is 0.750. The summed E-state index contributed by atoms with van der Waals surface area (Å²) >= 11 is 0. The monoisotopic (exact) mass is 269 g/mol. The van der Waals surface area contributed by atoms with E-state index in [1.54, 1.807) is 26.0 Å². The van der Waals surface area contributed by atoms with Gasteiger partial charge in [0.15, 0.2) is 0 Å². The van der Waals surface area contributed by atoms with Crippen LogP contribution in [0.3, 0.4) is 0 Å². The van der Waals surface area contributed by atoms with Gasteiger partial charge in [-0.25, -0.2) is 0 Å². The predicted molar refractivity (Wildman–Crippen MR) is 73.0 cm³/mol. The van der Waals surface area contributed by atoms with Gasteiger partial charge in [0.2, 0.25) is 11.8 Å². The van der Waals surface area contributed by atoms with E-state index >= 15 is 0 Å². The summed E-state index contributed by atoms with van der Waals surface area (Å²) in [6.07, 6.45) is 1.04. The Bertz CT molecular complexity index is 405. The molecule has 1 aromatic rings. The number of carbonyl (C=O) groups is 1. The Hall–Kier alpha value is -1.63. The van der Waals surface area contributed by atoms with E-state index in [4.69, 9.17) is 4.42 Å². The summed E-state index contributed by atoms with van der Waals surface area (Å²) in [6, 6.07) is 0.370. The Labute approximate surface area is 114 Å². The minimum atomic E-state index is -0.0144. The molecule has 0 aliphatic rings. The maximum absolute atomic E-state index is 11.6. The highest BCUT2D eigenvalue weighted by Crippen LogP contribution is 2.16. The second kappa shape index (κ2) is 7.08. The Morgan fingerprint density at radius 2 is 2.05 bits per heavy atom. The molecule has 1 atom stereocenters. The van der Waals surface area contributed by atoms with Crippen molar-refractivity contribution in [2.24, 2.45) is 0 Å². The molecular weight excluding hydrogens is 246 g/mol. The van der Waals surface area contributed by atoms with Crippen molar-refractivity contribution in [1.82, 2.24) is 20.4 Å². The number of hydrogen-bond donors (Lipinski definition) is 1. The highest BCUT2D eigenvalue weighted by molar-refractivity contribution is 5.80. The summed E-state index contributed by atoms with van der Waals surface area (Å²) in [5, 5.41) is 11.2. The van der Waals surface area contributed by atoms with Gasteiger partial charge in [0.25, 0.3) is 0 Å². The van der Waals surface area contributed by atoms with Gasteiger partial charge in [-0.2, -0.15) is 0 Å². The zero-order chi connectivity index (χ0) is 14.4. The van der Waals surface area contributed by atoms with Crippen LogP contribution in [0, 0.1) is 0 Å². The van der Waals surface area contributed by atoms with E-state index in [0.717, 1.165) is 13.0 Å². The van der Waals surface area contributed by atoms with E-state index in [-0.39, 0.29) is 18.5 Å². The Balaban J connectivity index is 2.60. The van der Waals surface area contributed by atoms with Gasteiger partial charge >= 0.3 is 6.01 Å². The average molecular weight is 269 g/mol. The summed E-state index contributed by atoms with van der Waals surface area (Å²) < 4.78 is 5.56. The van der Waals surface area contributed by atoms with Crippen LogP contribution in [0.1, 0.15) is 32.2 Å². The van der Waals surface area contributed by atoms with E-state index in [1.807, 2.05) is 6.92 Å². The van der Waals surface area contributed by atoms with Crippen molar-refractivity contribution < 1.29 is 9.21 Å². The molecule has 0 spiro atoms. The lowest BCUT2D eigenvalue weighted by Crippen LogP contribution is -2.34. The number of hydrogen-bond acceptors (Lipinski definition) is 6. The summed E-state index contributed by atoms with van der Waals surface area (Å²) in [5.41, 5.74) is 0. The fourth-order valence-corrected chi connectivity index (χ4v) is 1.42. The number of amides is 1. The van der Waals surface area contributed by atoms with Gasteiger partial charge in [0, 0.05) is 21.1 Å². The second-order valence-corrected chi connectivity index (χ2v) is 4.74. The first-order valence-corrected chi connectivity index (χ1v) is 6.43. The third kappa shape index (κ3) is 4.51. The number of aromatic nitrogens is 2. The SMILES string of the molecule is CCCNC(C)c1nnc(N(C)CC(=O)N(C)C)o1. The average Bonchev–Trinajstić information content (AvgIpc) is 2.85. The zero-order valence-electron chi connectivity index (χ0n) is 12.3. The Morgan fingerprint density at radius 3 is 2.63 bits per heavy atom. The van der Waals surface area contributed by atoms with Crippen LogP contribution in [-0.4, -0.2) is 55.2 Å². The second-order valence-electron chi connectivity index (χ2n) is 4.74. The fourth-order valence-electron chi connectivity index (χ4n) is 1.42. The van der Waals surface area contributed by atoms with Crippen LogP contribution in [-0.2, 0) is 4.79 Å². The molecule has 0 saturated heterocycles. The molecule has 1 heterocycles. The van der Waals surface area contributed by atoms with E-state index < -0.39 is 0 Å². The van der Waals surface area contributed by atoms with Crippen molar-refractivity contribution in [2.45, 2.75) is 26.3 Å². The highest BCUT2D eigenvalue weighted by Gasteiger charge is 2.17. The minimum absolute atomic E-state index is 0.0131. The van der Waals surface area contributed by atoms with Crippen LogP contribution in [0.2, 0.25) is 0 Å². The number of likely N-dealkylation sites (N-methyl/N-ethyl adjacent to an activating group) is 2. The van der Waals surface area contributed by atoms with E-state index in [1.165, 1.54) is 4.90 Å². The normalized spacial score (nSPS) is 12.3. The molecule has 7 heteroatoms.